The maximum atomic E-state index is 6.36. The number of hydrogen-bond donors (Lipinski definition) is 1. The Morgan fingerprint density at radius 2 is 2.04 bits per heavy atom. The van der Waals surface area contributed by atoms with Crippen LogP contribution in [-0.4, -0.2) is 29.0 Å². The third-order valence-electron chi connectivity index (χ3n) is 4.34. The molecule has 118 valence electrons. The van der Waals surface area contributed by atoms with Gasteiger partial charge in [0, 0.05) is 37.0 Å². The Bertz CT molecular complexity index is 754. The molecule has 0 amide bonds. The van der Waals surface area contributed by atoms with E-state index >= 15 is 0 Å². The summed E-state index contributed by atoms with van der Waals surface area (Å²) < 4.78 is 5.41. The predicted octanol–water partition coefficient (Wildman–Crippen LogP) is 3.33. The van der Waals surface area contributed by atoms with E-state index in [4.69, 9.17) is 10.2 Å². The lowest BCUT2D eigenvalue weighted by atomic mass is 9.95. The number of aromatic nitrogens is 1. The average molecular weight is 325 g/mol. The molecule has 1 fully saturated rings. The highest BCUT2D eigenvalue weighted by molar-refractivity contribution is 7.13. The SMILES string of the molecule is N[C@@H]1CN(Cc2csc(-c3ccco3)n2)C[C@H]1c1ccccc1. The Hall–Kier alpha value is -1.95. The van der Waals surface area contributed by atoms with Crippen LogP contribution in [0.25, 0.3) is 10.8 Å². The van der Waals surface area contributed by atoms with E-state index in [2.05, 4.69) is 39.5 Å². The van der Waals surface area contributed by atoms with E-state index in [1.165, 1.54) is 5.56 Å². The second-order valence-corrected chi connectivity index (χ2v) is 6.85. The van der Waals surface area contributed by atoms with Crippen LogP contribution in [0.4, 0.5) is 0 Å². The zero-order chi connectivity index (χ0) is 15.6. The van der Waals surface area contributed by atoms with E-state index in [0.717, 1.165) is 36.1 Å². The number of nitrogens with two attached hydrogens (primary N) is 1. The van der Waals surface area contributed by atoms with Gasteiger partial charge in [-0.3, -0.25) is 4.90 Å². The maximum Gasteiger partial charge on any atom is 0.162 e. The van der Waals surface area contributed by atoms with Gasteiger partial charge in [0.15, 0.2) is 10.8 Å². The van der Waals surface area contributed by atoms with Crippen molar-refractivity contribution in [3.8, 4) is 10.8 Å². The first-order valence-electron chi connectivity index (χ1n) is 7.81. The Morgan fingerprint density at radius 3 is 2.83 bits per heavy atom. The van der Waals surface area contributed by atoms with Crippen molar-refractivity contribution in [3.63, 3.8) is 0 Å². The first-order chi connectivity index (χ1) is 11.3. The predicted molar refractivity (Wildman–Crippen MR) is 92.3 cm³/mol. The van der Waals surface area contributed by atoms with Gasteiger partial charge in [-0.15, -0.1) is 11.3 Å². The van der Waals surface area contributed by atoms with Gasteiger partial charge in [-0.25, -0.2) is 4.98 Å². The minimum atomic E-state index is 0.181. The molecule has 0 spiro atoms. The summed E-state index contributed by atoms with van der Waals surface area (Å²) in [5.41, 5.74) is 8.78. The molecular formula is C18H19N3OS. The summed E-state index contributed by atoms with van der Waals surface area (Å²) in [5.74, 6) is 1.24. The maximum absolute atomic E-state index is 6.36. The van der Waals surface area contributed by atoms with Crippen molar-refractivity contribution < 1.29 is 4.42 Å². The fourth-order valence-electron chi connectivity index (χ4n) is 3.22. The van der Waals surface area contributed by atoms with Crippen molar-refractivity contribution in [1.82, 2.24) is 9.88 Å². The molecule has 0 radical (unpaired) electrons. The molecule has 4 nitrogen and oxygen atoms in total. The third-order valence-corrected chi connectivity index (χ3v) is 5.24. The van der Waals surface area contributed by atoms with Crippen LogP contribution in [-0.2, 0) is 6.54 Å². The molecule has 1 saturated heterocycles. The number of rotatable bonds is 4. The summed E-state index contributed by atoms with van der Waals surface area (Å²) in [6.45, 7) is 2.74. The summed E-state index contributed by atoms with van der Waals surface area (Å²) in [6, 6.07) is 14.6. The lowest BCUT2D eigenvalue weighted by molar-refractivity contribution is 0.320. The van der Waals surface area contributed by atoms with Crippen LogP contribution in [0.15, 0.2) is 58.5 Å². The highest BCUT2D eigenvalue weighted by atomic mass is 32.1. The van der Waals surface area contributed by atoms with E-state index in [1.54, 1.807) is 17.6 Å². The first-order valence-corrected chi connectivity index (χ1v) is 8.69. The highest BCUT2D eigenvalue weighted by Crippen LogP contribution is 2.29. The second kappa shape index (κ2) is 6.28. The summed E-state index contributed by atoms with van der Waals surface area (Å²) in [4.78, 5) is 7.07. The summed E-state index contributed by atoms with van der Waals surface area (Å²) in [7, 11) is 0. The largest absolute Gasteiger partial charge is 0.462 e. The van der Waals surface area contributed by atoms with Gasteiger partial charge in [-0.05, 0) is 17.7 Å². The Kier molecular flexibility index (Phi) is 3.99. The molecule has 2 N–H and O–H groups in total. The minimum Gasteiger partial charge on any atom is -0.462 e. The van der Waals surface area contributed by atoms with Gasteiger partial charge < -0.3 is 10.2 Å². The van der Waals surface area contributed by atoms with Crippen molar-refractivity contribution in [2.45, 2.75) is 18.5 Å². The van der Waals surface area contributed by atoms with E-state index in [1.807, 2.05) is 18.2 Å². The smallest absolute Gasteiger partial charge is 0.162 e. The molecule has 0 aliphatic carbocycles. The molecule has 0 saturated carbocycles. The van der Waals surface area contributed by atoms with Gasteiger partial charge >= 0.3 is 0 Å². The lowest BCUT2D eigenvalue weighted by Gasteiger charge is -2.15. The summed E-state index contributed by atoms with van der Waals surface area (Å²) in [5, 5.41) is 3.05. The number of thiazole rings is 1. The topological polar surface area (TPSA) is 55.3 Å². The van der Waals surface area contributed by atoms with E-state index in [9.17, 15) is 0 Å². The van der Waals surface area contributed by atoms with Crippen LogP contribution >= 0.6 is 11.3 Å². The van der Waals surface area contributed by atoms with Gasteiger partial charge in [0.25, 0.3) is 0 Å². The first kappa shape index (κ1) is 14.6. The molecular weight excluding hydrogens is 306 g/mol. The van der Waals surface area contributed by atoms with Crippen LogP contribution in [0.1, 0.15) is 17.2 Å². The molecule has 1 aliphatic heterocycles. The number of furan rings is 1. The molecule has 4 rings (SSSR count). The van der Waals surface area contributed by atoms with Gasteiger partial charge in [0.1, 0.15) is 0 Å². The fourth-order valence-corrected chi connectivity index (χ4v) is 3.99. The molecule has 0 unspecified atom stereocenters. The van der Waals surface area contributed by atoms with Crippen molar-refractivity contribution >= 4 is 11.3 Å². The van der Waals surface area contributed by atoms with Crippen molar-refractivity contribution in [2.75, 3.05) is 13.1 Å². The summed E-state index contributed by atoms with van der Waals surface area (Å²) >= 11 is 1.63. The molecule has 23 heavy (non-hydrogen) atoms. The standard InChI is InChI=1S/C18H19N3OS/c19-16-11-21(10-15(16)13-5-2-1-3-6-13)9-14-12-23-18(20-14)17-7-4-8-22-17/h1-8,12,15-16H,9-11,19H2/t15-,16+/m0/s1. The zero-order valence-electron chi connectivity index (χ0n) is 12.8. The monoisotopic (exact) mass is 325 g/mol. The average Bonchev–Trinajstić information content (AvgIpc) is 3.29. The molecule has 0 bridgehead atoms. The third kappa shape index (κ3) is 3.08. The molecule has 2 aromatic heterocycles. The van der Waals surface area contributed by atoms with Crippen molar-refractivity contribution in [1.29, 1.82) is 0 Å². The normalized spacial score (nSPS) is 21.8. The Labute approximate surface area is 139 Å². The van der Waals surface area contributed by atoms with E-state index in [0.29, 0.717) is 5.92 Å². The van der Waals surface area contributed by atoms with Gasteiger partial charge in [-0.2, -0.15) is 0 Å². The Morgan fingerprint density at radius 1 is 1.17 bits per heavy atom. The van der Waals surface area contributed by atoms with Gasteiger partial charge in [0.05, 0.1) is 12.0 Å². The van der Waals surface area contributed by atoms with E-state index in [-0.39, 0.29) is 6.04 Å². The van der Waals surface area contributed by atoms with Crippen LogP contribution in [0.3, 0.4) is 0 Å². The fraction of sp³-hybridized carbons (Fsp3) is 0.278. The molecule has 1 aromatic carbocycles. The number of nitrogens with zero attached hydrogens (tertiary/aromatic N) is 2. The van der Waals surface area contributed by atoms with Gasteiger partial charge in [-0.1, -0.05) is 30.3 Å². The number of hydrogen-bond acceptors (Lipinski definition) is 5. The molecule has 3 heterocycles. The van der Waals surface area contributed by atoms with Crippen molar-refractivity contribution in [2.24, 2.45) is 5.73 Å². The van der Waals surface area contributed by atoms with E-state index < -0.39 is 0 Å². The Balaban J connectivity index is 1.44. The highest BCUT2D eigenvalue weighted by Gasteiger charge is 2.31. The molecule has 5 heteroatoms. The van der Waals surface area contributed by atoms with Crippen LogP contribution in [0, 0.1) is 0 Å². The van der Waals surface area contributed by atoms with Gasteiger partial charge in [0.2, 0.25) is 0 Å². The summed E-state index contributed by atoms with van der Waals surface area (Å²) in [6.07, 6.45) is 1.68. The van der Waals surface area contributed by atoms with Crippen LogP contribution in [0.2, 0.25) is 0 Å². The zero-order valence-corrected chi connectivity index (χ0v) is 13.6. The van der Waals surface area contributed by atoms with Crippen LogP contribution in [0.5, 0.6) is 0 Å². The number of benzene rings is 1. The van der Waals surface area contributed by atoms with Crippen molar-refractivity contribution in [3.05, 3.63) is 65.4 Å². The second-order valence-electron chi connectivity index (χ2n) is 6.00. The van der Waals surface area contributed by atoms with Crippen LogP contribution < -0.4 is 5.73 Å². The molecule has 1 aliphatic rings. The number of likely N-dealkylation sites (tertiary alicyclic amines) is 1. The molecule has 3 aromatic rings. The molecule has 2 atom stereocenters. The lowest BCUT2D eigenvalue weighted by Crippen LogP contribution is -2.28. The quantitative estimate of drug-likeness (QED) is 0.799. The minimum absolute atomic E-state index is 0.181.